The van der Waals surface area contributed by atoms with E-state index in [1.165, 1.54) is 0 Å². The van der Waals surface area contributed by atoms with Crippen LogP contribution in [0.3, 0.4) is 0 Å². The van der Waals surface area contributed by atoms with Crippen molar-refractivity contribution in [2.75, 3.05) is 79.3 Å². The number of rotatable bonds is 14. The molecule has 4 N–H and O–H groups in total. The Hall–Kier alpha value is 0.0300. The van der Waals surface area contributed by atoms with Crippen LogP contribution in [-0.2, 0) is 18.9 Å². The second kappa shape index (κ2) is 28.2. The zero-order chi connectivity index (χ0) is 15.3. The Bertz CT molecular complexity index is 121. The van der Waals surface area contributed by atoms with Crippen LogP contribution in [0.15, 0.2) is 0 Å². The Balaban J connectivity index is -0.000000295. The molecule has 0 atom stereocenters. The minimum absolute atomic E-state index is 0. The number of ether oxygens (including phenoxy) is 4. The van der Waals surface area contributed by atoms with Gasteiger partial charge in [-0.3, -0.25) is 0 Å². The van der Waals surface area contributed by atoms with Crippen LogP contribution < -0.4 is 0 Å². The quantitative estimate of drug-likeness (QED) is 0.273. The number of hydrogen-bond donors (Lipinski definition) is 4. The Morgan fingerprint density at radius 2 is 0.571 bits per heavy atom. The van der Waals surface area contributed by atoms with Gasteiger partial charge in [0.2, 0.25) is 0 Å². The first-order valence-electron chi connectivity index (χ1n) is 6.57. The second-order valence-electron chi connectivity index (χ2n) is 3.34. The molecule has 0 saturated heterocycles. The largest absolute Gasteiger partial charge is 0.394 e. The summed E-state index contributed by atoms with van der Waals surface area (Å²) >= 11 is 0. The summed E-state index contributed by atoms with van der Waals surface area (Å²) in [5.41, 5.74) is 0. The molecule has 0 saturated carbocycles. The summed E-state index contributed by atoms with van der Waals surface area (Å²) in [5, 5.41) is 33.1. The third-order valence-electron chi connectivity index (χ3n) is 1.69. The molecule has 8 nitrogen and oxygen atoms in total. The van der Waals surface area contributed by atoms with Crippen molar-refractivity contribution in [3.05, 3.63) is 0 Å². The monoisotopic (exact) mass is 334 g/mol. The molecular formula is C12H30O8S. The van der Waals surface area contributed by atoms with Crippen LogP contribution in [0.5, 0.6) is 0 Å². The Morgan fingerprint density at radius 1 is 0.381 bits per heavy atom. The Morgan fingerprint density at radius 3 is 0.714 bits per heavy atom. The van der Waals surface area contributed by atoms with Gasteiger partial charge in [0.05, 0.1) is 79.3 Å². The maximum absolute atomic E-state index is 8.26. The minimum Gasteiger partial charge on any atom is -0.394 e. The lowest BCUT2D eigenvalue weighted by atomic mass is 10.7. The summed E-state index contributed by atoms with van der Waals surface area (Å²) in [6.45, 7) is 3.46. The Kier molecular flexibility index (Phi) is 34.9. The van der Waals surface area contributed by atoms with Gasteiger partial charge in [-0.25, -0.2) is 0 Å². The first-order chi connectivity index (χ1) is 9.83. The van der Waals surface area contributed by atoms with Crippen molar-refractivity contribution in [3.8, 4) is 0 Å². The van der Waals surface area contributed by atoms with E-state index in [0.29, 0.717) is 52.9 Å². The summed E-state index contributed by atoms with van der Waals surface area (Å²) in [6, 6.07) is 0. The molecule has 132 valence electrons. The molecule has 0 aliphatic heterocycles. The summed E-state index contributed by atoms with van der Waals surface area (Å²) in [6.07, 6.45) is 0. The van der Waals surface area contributed by atoms with E-state index in [1.54, 1.807) is 0 Å². The maximum Gasteiger partial charge on any atom is 0.0701 e. The van der Waals surface area contributed by atoms with Crippen molar-refractivity contribution in [2.24, 2.45) is 0 Å². The van der Waals surface area contributed by atoms with Gasteiger partial charge in [0.1, 0.15) is 0 Å². The summed E-state index contributed by atoms with van der Waals surface area (Å²) in [4.78, 5) is 0. The van der Waals surface area contributed by atoms with Crippen LogP contribution in [0.1, 0.15) is 0 Å². The van der Waals surface area contributed by atoms with Gasteiger partial charge in [0.25, 0.3) is 0 Å². The van der Waals surface area contributed by atoms with Gasteiger partial charge in [-0.15, -0.1) is 0 Å². The molecule has 0 aliphatic rings. The summed E-state index contributed by atoms with van der Waals surface area (Å²) in [7, 11) is 0. The highest BCUT2D eigenvalue weighted by atomic mass is 32.1. The molecule has 0 heterocycles. The van der Waals surface area contributed by atoms with E-state index in [0.717, 1.165) is 0 Å². The number of aliphatic hydroxyl groups excluding tert-OH is 4. The smallest absolute Gasteiger partial charge is 0.0701 e. The van der Waals surface area contributed by atoms with Crippen molar-refractivity contribution < 1.29 is 39.4 Å². The third kappa shape index (κ3) is 33.1. The lowest BCUT2D eigenvalue weighted by Gasteiger charge is -2.01. The fraction of sp³-hybridized carbons (Fsp3) is 1.00. The van der Waals surface area contributed by atoms with Crippen LogP contribution in [0, 0.1) is 0 Å². The van der Waals surface area contributed by atoms with E-state index in [9.17, 15) is 0 Å². The molecule has 0 spiro atoms. The molecule has 0 unspecified atom stereocenters. The van der Waals surface area contributed by atoms with Crippen molar-refractivity contribution in [1.29, 1.82) is 0 Å². The van der Waals surface area contributed by atoms with Crippen LogP contribution in [0.4, 0.5) is 0 Å². The molecule has 0 aromatic rings. The van der Waals surface area contributed by atoms with E-state index in [2.05, 4.69) is 0 Å². The van der Waals surface area contributed by atoms with E-state index < -0.39 is 0 Å². The second-order valence-corrected chi connectivity index (χ2v) is 3.34. The normalized spacial score (nSPS) is 9.71. The fourth-order valence-corrected chi connectivity index (χ4v) is 0.902. The molecule has 0 bridgehead atoms. The third-order valence-corrected chi connectivity index (χ3v) is 1.69. The molecule has 9 heteroatoms. The molecule has 0 aromatic heterocycles. The van der Waals surface area contributed by atoms with Crippen LogP contribution in [0.25, 0.3) is 0 Å². The van der Waals surface area contributed by atoms with Crippen LogP contribution >= 0.6 is 13.5 Å². The SMILES string of the molecule is OCCOCCOCCO.OCCOCCOCCO.S. The van der Waals surface area contributed by atoms with Crippen molar-refractivity contribution in [2.45, 2.75) is 0 Å². The van der Waals surface area contributed by atoms with E-state index in [-0.39, 0.29) is 39.9 Å². The lowest BCUT2D eigenvalue weighted by molar-refractivity contribution is 0.0222. The molecular weight excluding hydrogens is 304 g/mol. The highest BCUT2D eigenvalue weighted by molar-refractivity contribution is 7.59. The van der Waals surface area contributed by atoms with Gasteiger partial charge < -0.3 is 39.4 Å². The molecule has 21 heavy (non-hydrogen) atoms. The van der Waals surface area contributed by atoms with Gasteiger partial charge in [-0.2, -0.15) is 13.5 Å². The van der Waals surface area contributed by atoms with Gasteiger partial charge in [0, 0.05) is 0 Å². The topological polar surface area (TPSA) is 118 Å². The van der Waals surface area contributed by atoms with Gasteiger partial charge in [-0.1, -0.05) is 0 Å². The van der Waals surface area contributed by atoms with Gasteiger partial charge in [-0.05, 0) is 0 Å². The molecule has 0 radical (unpaired) electrons. The molecule has 0 aromatic carbocycles. The molecule has 0 rings (SSSR count). The Labute approximate surface area is 133 Å². The number of aliphatic hydroxyl groups is 4. The van der Waals surface area contributed by atoms with E-state index in [4.69, 9.17) is 39.4 Å². The molecule has 0 aliphatic carbocycles. The van der Waals surface area contributed by atoms with Crippen LogP contribution in [0.2, 0.25) is 0 Å². The lowest BCUT2D eigenvalue weighted by Crippen LogP contribution is -2.09. The first-order valence-corrected chi connectivity index (χ1v) is 6.57. The summed E-state index contributed by atoms with van der Waals surface area (Å²) < 4.78 is 19.5. The molecule has 0 amide bonds. The highest BCUT2D eigenvalue weighted by Gasteiger charge is 1.87. The van der Waals surface area contributed by atoms with E-state index >= 15 is 0 Å². The fourth-order valence-electron chi connectivity index (χ4n) is 0.902. The van der Waals surface area contributed by atoms with E-state index in [1.807, 2.05) is 0 Å². The average molecular weight is 334 g/mol. The predicted octanol–water partition coefficient (Wildman–Crippen LogP) is -1.88. The van der Waals surface area contributed by atoms with Crippen LogP contribution in [-0.4, -0.2) is 99.7 Å². The van der Waals surface area contributed by atoms with Gasteiger partial charge in [0.15, 0.2) is 0 Å². The van der Waals surface area contributed by atoms with Crippen molar-refractivity contribution >= 4 is 13.5 Å². The standard InChI is InChI=1S/2C6H14O4.H2S/c2*7-1-3-9-5-6-10-4-2-8;/h2*7-8H,1-6H2;1H2. The van der Waals surface area contributed by atoms with Crippen molar-refractivity contribution in [1.82, 2.24) is 0 Å². The zero-order valence-corrected chi connectivity index (χ0v) is 13.4. The van der Waals surface area contributed by atoms with Gasteiger partial charge >= 0.3 is 0 Å². The van der Waals surface area contributed by atoms with Crippen molar-refractivity contribution in [3.63, 3.8) is 0 Å². The number of hydrogen-bond acceptors (Lipinski definition) is 8. The predicted molar refractivity (Wildman–Crippen MR) is 82.0 cm³/mol. The first kappa shape index (κ1) is 26.0. The molecule has 0 fully saturated rings. The zero-order valence-electron chi connectivity index (χ0n) is 12.4. The maximum atomic E-state index is 8.26. The highest BCUT2D eigenvalue weighted by Crippen LogP contribution is 1.77. The minimum atomic E-state index is 0. The summed E-state index contributed by atoms with van der Waals surface area (Å²) in [5.74, 6) is 0. The average Bonchev–Trinajstić information content (AvgIpc) is 2.47.